The van der Waals surface area contributed by atoms with Crippen molar-refractivity contribution in [2.45, 2.75) is 25.8 Å². The lowest BCUT2D eigenvalue weighted by Crippen LogP contribution is -2.35. The van der Waals surface area contributed by atoms with Gasteiger partial charge in [0, 0.05) is 5.02 Å². The van der Waals surface area contributed by atoms with E-state index in [0.29, 0.717) is 6.42 Å². The molecular weight excluding hydrogens is 291 g/mol. The average Bonchev–Trinajstić information content (AvgIpc) is 2.32. The molecule has 1 amide bonds. The highest BCUT2D eigenvalue weighted by Crippen LogP contribution is 2.30. The van der Waals surface area contributed by atoms with Crippen LogP contribution < -0.4 is 11.1 Å². The molecule has 5 nitrogen and oxygen atoms in total. The Morgan fingerprint density at radius 1 is 1.42 bits per heavy atom. The van der Waals surface area contributed by atoms with Crippen molar-refractivity contribution in [1.82, 2.24) is 0 Å². The summed E-state index contributed by atoms with van der Waals surface area (Å²) >= 11 is 11.6. The number of nitrogens with one attached hydrogen (secondary N) is 1. The maximum Gasteiger partial charge on any atom is 0.337 e. The maximum atomic E-state index is 11.8. The Balaban J connectivity index is 3.06. The van der Waals surface area contributed by atoms with E-state index in [4.69, 9.17) is 34.0 Å². The summed E-state index contributed by atoms with van der Waals surface area (Å²) in [5.41, 5.74) is 5.49. The van der Waals surface area contributed by atoms with Crippen LogP contribution in [0.4, 0.5) is 5.69 Å². The van der Waals surface area contributed by atoms with Gasteiger partial charge in [-0.15, -0.1) is 0 Å². The molecule has 0 aromatic heterocycles. The second kappa shape index (κ2) is 6.75. The van der Waals surface area contributed by atoms with Crippen LogP contribution in [-0.2, 0) is 4.79 Å². The average molecular weight is 305 g/mol. The van der Waals surface area contributed by atoms with Crippen molar-refractivity contribution in [2.75, 3.05) is 5.32 Å². The number of carbonyl (C=O) groups excluding carboxylic acids is 1. The number of benzene rings is 1. The van der Waals surface area contributed by atoms with E-state index < -0.39 is 17.9 Å². The fourth-order valence-electron chi connectivity index (χ4n) is 1.53. The molecule has 0 bridgehead atoms. The molecule has 1 aromatic carbocycles. The summed E-state index contributed by atoms with van der Waals surface area (Å²) in [5.74, 6) is -1.71. The van der Waals surface area contributed by atoms with E-state index in [-0.39, 0.29) is 21.3 Å². The van der Waals surface area contributed by atoms with Gasteiger partial charge in [-0.1, -0.05) is 36.5 Å². The van der Waals surface area contributed by atoms with Gasteiger partial charge in [0.2, 0.25) is 5.91 Å². The van der Waals surface area contributed by atoms with Crippen LogP contribution in [0.5, 0.6) is 0 Å². The summed E-state index contributed by atoms with van der Waals surface area (Å²) in [6.45, 7) is 1.89. The molecule has 1 aromatic rings. The number of anilines is 1. The first kappa shape index (κ1) is 15.8. The van der Waals surface area contributed by atoms with Crippen molar-refractivity contribution < 1.29 is 14.7 Å². The number of hydrogen-bond acceptors (Lipinski definition) is 3. The van der Waals surface area contributed by atoms with Crippen LogP contribution in [-0.4, -0.2) is 23.0 Å². The molecule has 0 aliphatic carbocycles. The van der Waals surface area contributed by atoms with Crippen LogP contribution in [0.25, 0.3) is 0 Å². The van der Waals surface area contributed by atoms with Gasteiger partial charge in [0.15, 0.2) is 0 Å². The molecule has 7 heteroatoms. The van der Waals surface area contributed by atoms with Gasteiger partial charge in [-0.05, 0) is 18.6 Å². The van der Waals surface area contributed by atoms with Gasteiger partial charge < -0.3 is 16.2 Å². The van der Waals surface area contributed by atoms with E-state index in [1.165, 1.54) is 12.1 Å². The summed E-state index contributed by atoms with van der Waals surface area (Å²) < 4.78 is 0. The Labute approximate surface area is 120 Å². The molecule has 0 saturated carbocycles. The molecule has 0 heterocycles. The predicted molar refractivity (Wildman–Crippen MR) is 74.9 cm³/mol. The number of carboxylic acid groups (broad SMARTS) is 1. The highest BCUT2D eigenvalue weighted by Gasteiger charge is 2.20. The van der Waals surface area contributed by atoms with Crippen LogP contribution in [0.2, 0.25) is 10.0 Å². The zero-order valence-electron chi connectivity index (χ0n) is 10.2. The van der Waals surface area contributed by atoms with Crippen LogP contribution in [0.1, 0.15) is 30.1 Å². The zero-order valence-corrected chi connectivity index (χ0v) is 11.8. The third-order valence-corrected chi connectivity index (χ3v) is 2.99. The Morgan fingerprint density at radius 2 is 2.05 bits per heavy atom. The Hall–Kier alpha value is -1.30. The minimum atomic E-state index is -1.23. The minimum Gasteiger partial charge on any atom is -0.478 e. The topological polar surface area (TPSA) is 92.4 Å². The van der Waals surface area contributed by atoms with Crippen LogP contribution >= 0.6 is 23.2 Å². The Morgan fingerprint density at radius 3 is 2.58 bits per heavy atom. The lowest BCUT2D eigenvalue weighted by atomic mass is 10.1. The van der Waals surface area contributed by atoms with Crippen molar-refractivity contribution >= 4 is 40.8 Å². The molecule has 1 unspecified atom stereocenters. The van der Waals surface area contributed by atoms with Crippen molar-refractivity contribution in [2.24, 2.45) is 5.73 Å². The number of hydrogen-bond donors (Lipinski definition) is 3. The molecular formula is C12H14Cl2N2O3. The number of aromatic carboxylic acids is 1. The second-order valence-corrected chi connectivity index (χ2v) is 4.84. The van der Waals surface area contributed by atoms with Gasteiger partial charge in [0.1, 0.15) is 0 Å². The minimum absolute atomic E-state index is 0.00937. The first-order valence-electron chi connectivity index (χ1n) is 5.65. The van der Waals surface area contributed by atoms with E-state index in [1.807, 2.05) is 6.92 Å². The van der Waals surface area contributed by atoms with Crippen molar-refractivity contribution in [3.05, 3.63) is 27.7 Å². The molecule has 0 fully saturated rings. The van der Waals surface area contributed by atoms with Crippen LogP contribution in [0.3, 0.4) is 0 Å². The summed E-state index contributed by atoms with van der Waals surface area (Å²) in [7, 11) is 0. The standard InChI is InChI=1S/C12H14Cl2N2O3/c1-2-3-9(15)11(17)16-10-7(12(18)19)4-6(13)5-8(10)14/h4-5,9H,2-3,15H2,1H3,(H,16,17)(H,18,19). The van der Waals surface area contributed by atoms with Crippen molar-refractivity contribution in [3.63, 3.8) is 0 Å². The first-order chi connectivity index (χ1) is 8.86. The number of amides is 1. The van der Waals surface area contributed by atoms with E-state index in [0.717, 1.165) is 6.42 Å². The molecule has 104 valence electrons. The fraction of sp³-hybridized carbons (Fsp3) is 0.333. The molecule has 0 aliphatic rings. The number of carbonyl (C=O) groups is 2. The van der Waals surface area contributed by atoms with Gasteiger partial charge in [-0.2, -0.15) is 0 Å². The largest absolute Gasteiger partial charge is 0.478 e. The highest BCUT2D eigenvalue weighted by molar-refractivity contribution is 6.37. The van der Waals surface area contributed by atoms with Crippen LogP contribution in [0, 0.1) is 0 Å². The van der Waals surface area contributed by atoms with E-state index >= 15 is 0 Å². The predicted octanol–water partition coefficient (Wildman–Crippen LogP) is 2.76. The zero-order chi connectivity index (χ0) is 14.6. The smallest absolute Gasteiger partial charge is 0.337 e. The Bertz CT molecular complexity index is 506. The van der Waals surface area contributed by atoms with Crippen molar-refractivity contribution in [3.8, 4) is 0 Å². The van der Waals surface area contributed by atoms with Gasteiger partial charge in [0.25, 0.3) is 0 Å². The molecule has 0 aliphatic heterocycles. The first-order valence-corrected chi connectivity index (χ1v) is 6.41. The second-order valence-electron chi connectivity index (χ2n) is 4.00. The van der Waals surface area contributed by atoms with E-state index in [1.54, 1.807) is 0 Å². The summed E-state index contributed by atoms with van der Waals surface area (Å²) in [6, 6.07) is 1.87. The lowest BCUT2D eigenvalue weighted by Gasteiger charge is -2.14. The molecule has 0 saturated heterocycles. The molecule has 1 rings (SSSR count). The SMILES string of the molecule is CCCC(N)C(=O)Nc1c(Cl)cc(Cl)cc1C(=O)O. The third kappa shape index (κ3) is 4.09. The Kier molecular flexibility index (Phi) is 5.60. The van der Waals surface area contributed by atoms with E-state index in [2.05, 4.69) is 5.32 Å². The molecule has 19 heavy (non-hydrogen) atoms. The van der Waals surface area contributed by atoms with Gasteiger partial charge >= 0.3 is 5.97 Å². The lowest BCUT2D eigenvalue weighted by molar-refractivity contribution is -0.117. The summed E-state index contributed by atoms with van der Waals surface area (Å²) in [6.07, 6.45) is 1.24. The van der Waals surface area contributed by atoms with Gasteiger partial charge in [-0.25, -0.2) is 4.79 Å². The molecule has 0 radical (unpaired) electrons. The van der Waals surface area contributed by atoms with Crippen molar-refractivity contribution in [1.29, 1.82) is 0 Å². The molecule has 4 N–H and O–H groups in total. The number of halogens is 2. The van der Waals surface area contributed by atoms with Gasteiger partial charge in [-0.3, -0.25) is 4.79 Å². The van der Waals surface area contributed by atoms with E-state index in [9.17, 15) is 9.59 Å². The third-order valence-electron chi connectivity index (χ3n) is 2.47. The quantitative estimate of drug-likeness (QED) is 0.780. The normalized spacial score (nSPS) is 12.0. The number of carboxylic acids is 1. The summed E-state index contributed by atoms with van der Waals surface area (Å²) in [5, 5.41) is 11.7. The van der Waals surface area contributed by atoms with Crippen LogP contribution in [0.15, 0.2) is 12.1 Å². The maximum absolute atomic E-state index is 11.8. The monoisotopic (exact) mass is 304 g/mol. The number of rotatable bonds is 5. The summed E-state index contributed by atoms with van der Waals surface area (Å²) in [4.78, 5) is 22.9. The van der Waals surface area contributed by atoms with Gasteiger partial charge in [0.05, 0.1) is 22.3 Å². The number of nitrogens with two attached hydrogens (primary N) is 1. The molecule has 0 spiro atoms. The molecule has 1 atom stereocenters. The highest BCUT2D eigenvalue weighted by atomic mass is 35.5. The fourth-order valence-corrected chi connectivity index (χ4v) is 2.07.